The topological polar surface area (TPSA) is 70.8 Å². The minimum atomic E-state index is -0.386. The maximum absolute atomic E-state index is 11.6. The SMILES string of the molecule is CCOC(=O)C=Cc1ccc(OCCc2nc(-c3ccccc3)oc2C)cc1OCC. The summed E-state index contributed by atoms with van der Waals surface area (Å²) in [5, 5.41) is 0. The summed E-state index contributed by atoms with van der Waals surface area (Å²) < 4.78 is 22.3. The van der Waals surface area contributed by atoms with Crippen LogP contribution in [0.3, 0.4) is 0 Å². The van der Waals surface area contributed by atoms with Gasteiger partial charge in [-0.3, -0.25) is 0 Å². The van der Waals surface area contributed by atoms with E-state index in [2.05, 4.69) is 4.98 Å². The van der Waals surface area contributed by atoms with Crippen molar-refractivity contribution in [2.75, 3.05) is 19.8 Å². The second kappa shape index (κ2) is 11.0. The summed E-state index contributed by atoms with van der Waals surface area (Å²) in [5.74, 6) is 2.34. The highest BCUT2D eigenvalue weighted by Gasteiger charge is 2.12. The highest BCUT2D eigenvalue weighted by atomic mass is 16.5. The molecule has 6 heteroatoms. The third-order valence-electron chi connectivity index (χ3n) is 4.49. The van der Waals surface area contributed by atoms with Gasteiger partial charge in [0.1, 0.15) is 17.3 Å². The van der Waals surface area contributed by atoms with Crippen LogP contribution in [-0.2, 0) is 16.0 Å². The molecule has 0 atom stereocenters. The van der Waals surface area contributed by atoms with Crippen LogP contribution in [0.15, 0.2) is 59.0 Å². The molecule has 0 aliphatic carbocycles. The molecule has 31 heavy (non-hydrogen) atoms. The lowest BCUT2D eigenvalue weighted by Gasteiger charge is -2.11. The maximum atomic E-state index is 11.6. The van der Waals surface area contributed by atoms with Gasteiger partial charge in [-0.05, 0) is 51.1 Å². The Kier molecular flexibility index (Phi) is 7.87. The molecule has 162 valence electrons. The summed E-state index contributed by atoms with van der Waals surface area (Å²) in [4.78, 5) is 16.2. The van der Waals surface area contributed by atoms with Crippen LogP contribution >= 0.6 is 0 Å². The molecule has 0 amide bonds. The lowest BCUT2D eigenvalue weighted by atomic mass is 10.1. The third kappa shape index (κ3) is 6.22. The molecule has 0 saturated heterocycles. The van der Waals surface area contributed by atoms with E-state index in [0.717, 1.165) is 22.6 Å². The van der Waals surface area contributed by atoms with Crippen LogP contribution in [-0.4, -0.2) is 30.8 Å². The van der Waals surface area contributed by atoms with E-state index >= 15 is 0 Å². The average molecular weight is 421 g/mol. The maximum Gasteiger partial charge on any atom is 0.330 e. The third-order valence-corrected chi connectivity index (χ3v) is 4.49. The van der Waals surface area contributed by atoms with Gasteiger partial charge in [0.2, 0.25) is 5.89 Å². The zero-order chi connectivity index (χ0) is 22.1. The van der Waals surface area contributed by atoms with E-state index in [1.165, 1.54) is 6.08 Å². The molecule has 0 radical (unpaired) electrons. The number of benzene rings is 2. The summed E-state index contributed by atoms with van der Waals surface area (Å²) in [6.45, 7) is 6.88. The quantitative estimate of drug-likeness (QED) is 0.329. The van der Waals surface area contributed by atoms with Gasteiger partial charge in [0.25, 0.3) is 0 Å². The number of hydrogen-bond acceptors (Lipinski definition) is 6. The van der Waals surface area contributed by atoms with Gasteiger partial charge in [-0.1, -0.05) is 18.2 Å². The Morgan fingerprint density at radius 1 is 1.06 bits per heavy atom. The van der Waals surface area contributed by atoms with Gasteiger partial charge in [0.05, 0.1) is 25.5 Å². The fourth-order valence-corrected chi connectivity index (χ4v) is 3.00. The van der Waals surface area contributed by atoms with E-state index in [0.29, 0.717) is 43.6 Å². The van der Waals surface area contributed by atoms with Crippen LogP contribution < -0.4 is 9.47 Å². The molecule has 3 rings (SSSR count). The molecular formula is C25H27NO5. The first-order valence-corrected chi connectivity index (χ1v) is 10.4. The van der Waals surface area contributed by atoms with Crippen molar-refractivity contribution in [3.05, 3.63) is 71.6 Å². The van der Waals surface area contributed by atoms with E-state index in [4.69, 9.17) is 18.6 Å². The number of aromatic nitrogens is 1. The molecule has 1 heterocycles. The monoisotopic (exact) mass is 421 g/mol. The normalized spacial score (nSPS) is 10.9. The molecule has 3 aromatic rings. The second-order valence-electron chi connectivity index (χ2n) is 6.70. The molecule has 1 aromatic heterocycles. The van der Waals surface area contributed by atoms with E-state index in [-0.39, 0.29) is 5.97 Å². The van der Waals surface area contributed by atoms with Crippen molar-refractivity contribution in [2.24, 2.45) is 0 Å². The van der Waals surface area contributed by atoms with Gasteiger partial charge in [-0.2, -0.15) is 0 Å². The fraction of sp³-hybridized carbons (Fsp3) is 0.280. The predicted molar refractivity (Wildman–Crippen MR) is 119 cm³/mol. The Bertz CT molecular complexity index is 1020. The summed E-state index contributed by atoms with van der Waals surface area (Å²) in [7, 11) is 0. The smallest absolute Gasteiger partial charge is 0.330 e. The van der Waals surface area contributed by atoms with Gasteiger partial charge < -0.3 is 18.6 Å². The molecule has 0 bridgehead atoms. The molecule has 0 N–H and O–H groups in total. The summed E-state index contributed by atoms with van der Waals surface area (Å²) in [6.07, 6.45) is 3.69. The number of esters is 1. The van der Waals surface area contributed by atoms with Gasteiger partial charge in [-0.15, -0.1) is 0 Å². The van der Waals surface area contributed by atoms with Crippen molar-refractivity contribution in [1.29, 1.82) is 0 Å². The predicted octanol–water partition coefficient (Wildman–Crippen LogP) is 5.25. The van der Waals surface area contributed by atoms with Crippen LogP contribution in [0.2, 0.25) is 0 Å². The Balaban J connectivity index is 1.63. The Morgan fingerprint density at radius 2 is 1.87 bits per heavy atom. The highest BCUT2D eigenvalue weighted by molar-refractivity contribution is 5.87. The first-order valence-electron chi connectivity index (χ1n) is 10.4. The summed E-state index contributed by atoms with van der Waals surface area (Å²) in [5.41, 5.74) is 2.60. The summed E-state index contributed by atoms with van der Waals surface area (Å²) in [6, 6.07) is 15.3. The molecule has 6 nitrogen and oxygen atoms in total. The van der Waals surface area contributed by atoms with Gasteiger partial charge in [-0.25, -0.2) is 9.78 Å². The van der Waals surface area contributed by atoms with Gasteiger partial charge in [0.15, 0.2) is 0 Å². The van der Waals surface area contributed by atoms with Crippen LogP contribution in [0.5, 0.6) is 11.5 Å². The van der Waals surface area contributed by atoms with Crippen molar-refractivity contribution < 1.29 is 23.4 Å². The fourth-order valence-electron chi connectivity index (χ4n) is 3.00. The number of aryl methyl sites for hydroxylation is 1. The molecule has 2 aromatic carbocycles. The van der Waals surface area contributed by atoms with E-state index in [1.807, 2.05) is 62.4 Å². The Labute approximate surface area is 182 Å². The number of oxazole rings is 1. The highest BCUT2D eigenvalue weighted by Crippen LogP contribution is 2.27. The van der Waals surface area contributed by atoms with Gasteiger partial charge >= 0.3 is 5.97 Å². The average Bonchev–Trinajstić information content (AvgIpc) is 3.15. The number of carbonyl (C=O) groups is 1. The van der Waals surface area contributed by atoms with Gasteiger partial charge in [0, 0.05) is 29.7 Å². The first-order chi connectivity index (χ1) is 15.1. The Morgan fingerprint density at radius 3 is 2.61 bits per heavy atom. The molecule has 0 unspecified atom stereocenters. The lowest BCUT2D eigenvalue weighted by molar-refractivity contribution is -0.137. The molecule has 0 aliphatic rings. The number of rotatable bonds is 10. The van der Waals surface area contributed by atoms with Crippen molar-refractivity contribution >= 4 is 12.0 Å². The zero-order valence-electron chi connectivity index (χ0n) is 18.1. The standard InChI is InChI=1S/C25H27NO5/c1-4-28-23-17-21(13-11-19(23)12-14-24(27)29-5-2)30-16-15-22-18(3)31-25(26-22)20-9-7-6-8-10-20/h6-14,17H,4-5,15-16H2,1-3H3. The van der Waals surface area contributed by atoms with E-state index < -0.39 is 0 Å². The van der Waals surface area contributed by atoms with E-state index in [9.17, 15) is 4.79 Å². The Hall–Kier alpha value is -3.54. The van der Waals surface area contributed by atoms with Crippen molar-refractivity contribution in [2.45, 2.75) is 27.2 Å². The zero-order valence-corrected chi connectivity index (χ0v) is 18.1. The van der Waals surface area contributed by atoms with Crippen LogP contribution in [0, 0.1) is 6.92 Å². The molecule has 0 spiro atoms. The number of nitrogens with zero attached hydrogens (tertiary/aromatic N) is 1. The molecular weight excluding hydrogens is 394 g/mol. The van der Waals surface area contributed by atoms with Crippen molar-refractivity contribution in [3.63, 3.8) is 0 Å². The molecule has 0 saturated carbocycles. The van der Waals surface area contributed by atoms with Crippen molar-refractivity contribution in [3.8, 4) is 23.0 Å². The largest absolute Gasteiger partial charge is 0.493 e. The van der Waals surface area contributed by atoms with Crippen LogP contribution in [0.4, 0.5) is 0 Å². The van der Waals surface area contributed by atoms with E-state index in [1.54, 1.807) is 13.0 Å². The minimum Gasteiger partial charge on any atom is -0.493 e. The lowest BCUT2D eigenvalue weighted by Crippen LogP contribution is -2.03. The number of hydrogen-bond donors (Lipinski definition) is 0. The first kappa shape index (κ1) is 22.2. The second-order valence-corrected chi connectivity index (χ2v) is 6.70. The summed E-state index contributed by atoms with van der Waals surface area (Å²) >= 11 is 0. The number of ether oxygens (including phenoxy) is 3. The minimum absolute atomic E-state index is 0.339. The van der Waals surface area contributed by atoms with Crippen LogP contribution in [0.25, 0.3) is 17.5 Å². The number of carbonyl (C=O) groups excluding carboxylic acids is 1. The molecule has 0 aliphatic heterocycles. The van der Waals surface area contributed by atoms with Crippen molar-refractivity contribution in [1.82, 2.24) is 4.98 Å². The molecule has 0 fully saturated rings. The van der Waals surface area contributed by atoms with Crippen LogP contribution in [0.1, 0.15) is 30.9 Å².